The second kappa shape index (κ2) is 7.30. The fourth-order valence-electron chi connectivity index (χ4n) is 2.68. The smallest absolute Gasteiger partial charge is 0.376 e. The highest BCUT2D eigenvalue weighted by molar-refractivity contribution is 5.77. The van der Waals surface area contributed by atoms with Crippen LogP contribution in [0.25, 0.3) is 11.4 Å². The van der Waals surface area contributed by atoms with Crippen molar-refractivity contribution in [2.24, 2.45) is 7.05 Å². The number of nitrogens with one attached hydrogen (secondary N) is 2. The van der Waals surface area contributed by atoms with Gasteiger partial charge in [0.05, 0.1) is 5.56 Å². The quantitative estimate of drug-likeness (QED) is 0.344. The van der Waals surface area contributed by atoms with Gasteiger partial charge in [-0.05, 0) is 17.7 Å². The number of benzene rings is 1. The molecule has 0 aliphatic rings. The minimum absolute atomic E-state index is 0.0186. The van der Waals surface area contributed by atoms with E-state index in [1.807, 2.05) is 0 Å². The minimum Gasteiger partial charge on any atom is -0.376 e. The first-order valence-corrected chi connectivity index (χ1v) is 8.53. The predicted octanol–water partition coefficient (Wildman–Crippen LogP) is 1.97. The summed E-state index contributed by atoms with van der Waals surface area (Å²) in [6.45, 7) is -0.0492. The zero-order chi connectivity index (χ0) is 22.3. The standard InChI is InChI=1S/C17H11F4N7O3/c1-28-6-23-16(26-28)24-11-10(12(29)13(11)30)22-5-7-2-3-8(9(18)4-7)14-25-15(31-27-14)17(19,20)21/h2-4,6,22H,5H2,1H3,(H,24,26). The number of rotatable bonds is 6. The molecule has 2 aromatic carbocycles. The Kier molecular flexibility index (Phi) is 4.75. The van der Waals surface area contributed by atoms with Crippen LogP contribution in [0.3, 0.4) is 0 Å². The molecule has 0 aliphatic heterocycles. The van der Waals surface area contributed by atoms with Gasteiger partial charge in [-0.1, -0.05) is 11.2 Å². The molecule has 0 saturated heterocycles. The van der Waals surface area contributed by atoms with E-state index in [4.69, 9.17) is 0 Å². The lowest BCUT2D eigenvalue weighted by Gasteiger charge is -2.13. The average Bonchev–Trinajstić information content (AvgIpc) is 3.36. The molecule has 0 unspecified atom stereocenters. The van der Waals surface area contributed by atoms with E-state index in [-0.39, 0.29) is 29.4 Å². The molecule has 4 rings (SSSR count). The van der Waals surface area contributed by atoms with E-state index in [1.54, 1.807) is 7.05 Å². The fourth-order valence-corrected chi connectivity index (χ4v) is 2.68. The first-order valence-electron chi connectivity index (χ1n) is 8.53. The highest BCUT2D eigenvalue weighted by Gasteiger charge is 2.38. The van der Waals surface area contributed by atoms with Gasteiger partial charge in [0, 0.05) is 13.6 Å². The lowest BCUT2D eigenvalue weighted by Crippen LogP contribution is -2.36. The molecule has 14 heteroatoms. The summed E-state index contributed by atoms with van der Waals surface area (Å²) in [6, 6.07) is 3.61. The Morgan fingerprint density at radius 3 is 2.52 bits per heavy atom. The Morgan fingerprint density at radius 2 is 1.90 bits per heavy atom. The summed E-state index contributed by atoms with van der Waals surface area (Å²) in [6.07, 6.45) is -3.45. The van der Waals surface area contributed by atoms with Crippen molar-refractivity contribution in [3.8, 4) is 11.4 Å². The van der Waals surface area contributed by atoms with Crippen molar-refractivity contribution < 1.29 is 22.1 Å². The Hall–Kier alpha value is -4.10. The number of hydrogen-bond acceptors (Lipinski definition) is 9. The van der Waals surface area contributed by atoms with Gasteiger partial charge in [0.25, 0.3) is 10.9 Å². The average molecular weight is 437 g/mol. The molecule has 0 amide bonds. The van der Waals surface area contributed by atoms with Gasteiger partial charge in [-0.2, -0.15) is 18.2 Å². The van der Waals surface area contributed by atoms with Crippen LogP contribution in [0.1, 0.15) is 11.5 Å². The van der Waals surface area contributed by atoms with Gasteiger partial charge < -0.3 is 15.2 Å². The molecule has 0 aliphatic carbocycles. The van der Waals surface area contributed by atoms with Crippen LogP contribution in [0.2, 0.25) is 0 Å². The maximum atomic E-state index is 14.4. The lowest BCUT2D eigenvalue weighted by atomic mass is 10.1. The van der Waals surface area contributed by atoms with E-state index >= 15 is 0 Å². The molecule has 0 spiro atoms. The van der Waals surface area contributed by atoms with E-state index in [9.17, 15) is 27.2 Å². The highest BCUT2D eigenvalue weighted by Crippen LogP contribution is 2.30. The molecule has 10 nitrogen and oxygen atoms in total. The van der Waals surface area contributed by atoms with Crippen LogP contribution < -0.4 is 21.5 Å². The van der Waals surface area contributed by atoms with Crippen molar-refractivity contribution in [2.75, 3.05) is 10.6 Å². The predicted molar refractivity (Wildman–Crippen MR) is 97.7 cm³/mol. The summed E-state index contributed by atoms with van der Waals surface area (Å²) in [5.41, 5.74) is -1.51. The number of nitrogens with zero attached hydrogens (tertiary/aromatic N) is 5. The molecule has 0 atom stereocenters. The number of halogens is 4. The first kappa shape index (κ1) is 20.2. The fraction of sp³-hybridized carbons (Fsp3) is 0.176. The molecule has 2 N–H and O–H groups in total. The van der Waals surface area contributed by atoms with Crippen LogP contribution in [-0.2, 0) is 19.8 Å². The highest BCUT2D eigenvalue weighted by atomic mass is 19.4. The number of hydrogen-bond donors (Lipinski definition) is 2. The van der Waals surface area contributed by atoms with Gasteiger partial charge in [0.15, 0.2) is 0 Å². The first-order chi connectivity index (χ1) is 14.6. The van der Waals surface area contributed by atoms with Crippen molar-refractivity contribution in [1.82, 2.24) is 24.9 Å². The number of aromatic nitrogens is 5. The van der Waals surface area contributed by atoms with E-state index in [0.717, 1.165) is 6.07 Å². The number of alkyl halides is 3. The van der Waals surface area contributed by atoms with Gasteiger partial charge in [-0.3, -0.25) is 14.3 Å². The van der Waals surface area contributed by atoms with E-state index in [0.29, 0.717) is 5.56 Å². The van der Waals surface area contributed by atoms with Crippen LogP contribution in [0.4, 0.5) is 34.9 Å². The van der Waals surface area contributed by atoms with Crippen LogP contribution in [0.15, 0.2) is 38.6 Å². The number of aryl methyl sites for hydroxylation is 1. The van der Waals surface area contributed by atoms with Gasteiger partial charge in [-0.15, -0.1) is 5.10 Å². The van der Waals surface area contributed by atoms with Crippen molar-refractivity contribution in [3.63, 3.8) is 0 Å². The summed E-state index contributed by atoms with van der Waals surface area (Å²) in [4.78, 5) is 30.6. The second-order valence-corrected chi connectivity index (χ2v) is 6.36. The maximum absolute atomic E-state index is 14.4. The molecule has 0 bridgehead atoms. The molecule has 2 heterocycles. The monoisotopic (exact) mass is 437 g/mol. The summed E-state index contributed by atoms with van der Waals surface area (Å²) in [7, 11) is 1.62. The minimum atomic E-state index is -4.84. The van der Waals surface area contributed by atoms with E-state index in [2.05, 4.69) is 35.4 Å². The summed E-state index contributed by atoms with van der Waals surface area (Å²) >= 11 is 0. The molecule has 0 fully saturated rings. The maximum Gasteiger partial charge on any atom is 0.471 e. The van der Waals surface area contributed by atoms with E-state index < -0.39 is 34.6 Å². The third kappa shape index (κ3) is 3.86. The van der Waals surface area contributed by atoms with Crippen molar-refractivity contribution in [1.29, 1.82) is 0 Å². The normalized spacial score (nSPS) is 11.8. The van der Waals surface area contributed by atoms with Crippen LogP contribution in [0, 0.1) is 5.82 Å². The summed E-state index contributed by atoms with van der Waals surface area (Å²) < 4.78 is 57.5. The van der Waals surface area contributed by atoms with Crippen LogP contribution in [-0.4, -0.2) is 24.9 Å². The SMILES string of the molecule is Cn1cnc(Nc2c(NCc3ccc(-c4noc(C(F)(F)F)n4)c(F)c3)c(=O)c2=O)n1. The van der Waals surface area contributed by atoms with Crippen molar-refractivity contribution in [3.05, 3.63) is 62.2 Å². The van der Waals surface area contributed by atoms with Crippen molar-refractivity contribution in [2.45, 2.75) is 12.7 Å². The Morgan fingerprint density at radius 1 is 1.16 bits per heavy atom. The molecule has 0 saturated carbocycles. The molecular formula is C17H11F4N7O3. The third-order valence-electron chi connectivity index (χ3n) is 4.16. The zero-order valence-electron chi connectivity index (χ0n) is 15.5. The third-order valence-corrected chi connectivity index (χ3v) is 4.16. The Balaban J connectivity index is 1.49. The van der Waals surface area contributed by atoms with Crippen molar-refractivity contribution >= 4 is 17.3 Å². The molecule has 4 aromatic rings. The topological polar surface area (TPSA) is 128 Å². The van der Waals surface area contributed by atoms with Gasteiger partial charge >= 0.3 is 12.1 Å². The zero-order valence-corrected chi connectivity index (χ0v) is 15.5. The molecule has 160 valence electrons. The van der Waals surface area contributed by atoms with Gasteiger partial charge in [-0.25, -0.2) is 9.37 Å². The molecule has 0 radical (unpaired) electrons. The Labute approximate surface area is 169 Å². The number of anilines is 3. The lowest BCUT2D eigenvalue weighted by molar-refractivity contribution is -0.159. The van der Waals surface area contributed by atoms with Crippen LogP contribution in [0.5, 0.6) is 0 Å². The largest absolute Gasteiger partial charge is 0.471 e. The van der Waals surface area contributed by atoms with E-state index in [1.165, 1.54) is 23.1 Å². The molecule has 2 aromatic heterocycles. The Bertz CT molecular complexity index is 1330. The molecule has 31 heavy (non-hydrogen) atoms. The summed E-state index contributed by atoms with van der Waals surface area (Å²) in [5, 5.41) is 12.4. The van der Waals surface area contributed by atoms with Gasteiger partial charge in [0.2, 0.25) is 11.8 Å². The molecular weight excluding hydrogens is 426 g/mol. The van der Waals surface area contributed by atoms with Gasteiger partial charge in [0.1, 0.15) is 23.5 Å². The second-order valence-electron chi connectivity index (χ2n) is 6.36. The van der Waals surface area contributed by atoms with Crippen LogP contribution >= 0.6 is 0 Å². The summed E-state index contributed by atoms with van der Waals surface area (Å²) in [5.74, 6) is -2.92.